The summed E-state index contributed by atoms with van der Waals surface area (Å²) in [6, 6.07) is 5.94. The largest absolute Gasteiger partial charge is 0.389 e. The zero-order valence-corrected chi connectivity index (χ0v) is 24.8. The molecular weight excluding hydrogens is 544 g/mol. The van der Waals surface area contributed by atoms with Gasteiger partial charge in [-0.1, -0.05) is 37.3 Å². The third-order valence-corrected chi connectivity index (χ3v) is 6.83. The maximum absolute atomic E-state index is 13.4. The molecule has 2 aliphatic rings. The zero-order valence-electron chi connectivity index (χ0n) is 22.9. The number of amidine groups is 1. The number of carbonyl (C=O) groups excluding carboxylic acids is 3. The van der Waals surface area contributed by atoms with Gasteiger partial charge in [-0.25, -0.2) is 9.40 Å². The zero-order chi connectivity index (χ0) is 29.5. The SMILES string of the molecule is CC/C(C)=C1\C=C(Cl)C(C(=O)N2CCC(O)(Cc3ccc(F)cc3)CC2)=NN1C(=N)C(=O)C(=O)N(C)C.CP. The Bertz CT molecular complexity index is 1210. The van der Waals surface area contributed by atoms with Crippen molar-refractivity contribution in [2.24, 2.45) is 5.10 Å². The maximum Gasteiger partial charge on any atom is 0.297 e. The lowest BCUT2D eigenvalue weighted by molar-refractivity contribution is -0.139. The van der Waals surface area contributed by atoms with Gasteiger partial charge in [-0.15, -0.1) is 9.24 Å². The Morgan fingerprint density at radius 1 is 1.18 bits per heavy atom. The molecule has 0 spiro atoms. The number of amides is 2. The van der Waals surface area contributed by atoms with Crippen molar-refractivity contribution < 1.29 is 23.9 Å². The molecule has 0 aromatic heterocycles. The second-order valence-electron chi connectivity index (χ2n) is 9.47. The van der Waals surface area contributed by atoms with Crippen LogP contribution < -0.4 is 0 Å². The van der Waals surface area contributed by atoms with Gasteiger partial charge in [0.15, 0.2) is 5.71 Å². The molecule has 1 aromatic carbocycles. The number of carbonyl (C=O) groups is 3. The number of nitrogens with one attached hydrogen (secondary N) is 1. The van der Waals surface area contributed by atoms with Gasteiger partial charge in [-0.05, 0) is 55.5 Å². The first-order valence-electron chi connectivity index (χ1n) is 12.5. The van der Waals surface area contributed by atoms with Crippen LogP contribution in [0.4, 0.5) is 4.39 Å². The van der Waals surface area contributed by atoms with Crippen LogP contribution >= 0.6 is 20.8 Å². The first-order valence-corrected chi connectivity index (χ1v) is 14.0. The number of hydrazone groups is 1. The first-order chi connectivity index (χ1) is 18.4. The predicted octanol–water partition coefficient (Wildman–Crippen LogP) is 3.33. The minimum Gasteiger partial charge on any atom is -0.389 e. The number of piperidine rings is 1. The van der Waals surface area contributed by atoms with Crippen LogP contribution in [-0.4, -0.2) is 88.5 Å². The van der Waals surface area contributed by atoms with Crippen LogP contribution in [0.15, 0.2) is 51.7 Å². The molecule has 1 fully saturated rings. The third-order valence-electron chi connectivity index (χ3n) is 6.54. The number of ketones is 1. The molecule has 3 rings (SSSR count). The molecular formula is C27H36ClFN5O4P. The van der Waals surface area contributed by atoms with E-state index in [1.807, 2.05) is 13.6 Å². The van der Waals surface area contributed by atoms with Crippen molar-refractivity contribution in [1.29, 1.82) is 5.41 Å². The van der Waals surface area contributed by atoms with Crippen LogP contribution in [0.2, 0.25) is 0 Å². The standard InChI is InChI=1S/C26H31ClFN5O4.CH5P/c1-5-16(2)20-14-19(27)21(30-33(20)23(29)22(34)25(36)31(3)4)24(35)32-12-10-26(37,11-13-32)15-17-6-8-18(28)9-7-17;1-2/h6-9,14,29,37H,5,10-13,15H2,1-4H3;2H2,1H3/b20-16+,29-23?;. The summed E-state index contributed by atoms with van der Waals surface area (Å²) < 4.78 is 13.2. The van der Waals surface area contributed by atoms with Crippen molar-refractivity contribution in [3.8, 4) is 0 Å². The third kappa shape index (κ3) is 7.81. The summed E-state index contributed by atoms with van der Waals surface area (Å²) in [5.41, 5.74) is 0.689. The lowest BCUT2D eigenvalue weighted by Crippen LogP contribution is -2.50. The van der Waals surface area contributed by atoms with Gasteiger partial charge in [0.05, 0.1) is 16.3 Å². The van der Waals surface area contributed by atoms with Gasteiger partial charge < -0.3 is 14.9 Å². The quantitative estimate of drug-likeness (QED) is 0.232. The van der Waals surface area contributed by atoms with Crippen LogP contribution in [0, 0.1) is 11.2 Å². The molecule has 2 amide bonds. The Labute approximate surface area is 236 Å². The maximum atomic E-state index is 13.4. The van der Waals surface area contributed by atoms with Gasteiger partial charge in [-0.2, -0.15) is 5.10 Å². The van der Waals surface area contributed by atoms with E-state index in [2.05, 4.69) is 14.3 Å². The average molecular weight is 580 g/mol. The molecule has 39 heavy (non-hydrogen) atoms. The minimum absolute atomic E-state index is 0.0513. The van der Waals surface area contributed by atoms with Crippen LogP contribution in [-0.2, 0) is 20.8 Å². The van der Waals surface area contributed by atoms with Crippen molar-refractivity contribution >= 4 is 50.0 Å². The number of halogens is 2. The van der Waals surface area contributed by atoms with E-state index in [1.54, 1.807) is 19.1 Å². The fourth-order valence-electron chi connectivity index (χ4n) is 4.09. The topological polar surface area (TPSA) is 117 Å². The molecule has 12 heteroatoms. The van der Waals surface area contributed by atoms with E-state index in [4.69, 9.17) is 17.0 Å². The lowest BCUT2D eigenvalue weighted by Gasteiger charge is -2.39. The molecule has 9 nitrogen and oxygen atoms in total. The predicted molar refractivity (Wildman–Crippen MR) is 154 cm³/mol. The van der Waals surface area contributed by atoms with Crippen LogP contribution in [0.3, 0.4) is 0 Å². The highest BCUT2D eigenvalue weighted by Crippen LogP contribution is 2.29. The molecule has 0 bridgehead atoms. The van der Waals surface area contributed by atoms with Crippen molar-refractivity contribution in [3.05, 3.63) is 58.0 Å². The Morgan fingerprint density at radius 3 is 2.26 bits per heavy atom. The molecule has 212 valence electrons. The second kappa shape index (κ2) is 13.9. The van der Waals surface area contributed by atoms with Gasteiger partial charge in [0.1, 0.15) is 5.82 Å². The number of rotatable bonds is 6. The van der Waals surface area contributed by atoms with Gasteiger partial charge in [0.2, 0.25) is 5.84 Å². The number of allylic oxidation sites excluding steroid dienone is 2. The van der Waals surface area contributed by atoms with E-state index >= 15 is 0 Å². The Hall–Kier alpha value is -2.94. The summed E-state index contributed by atoms with van der Waals surface area (Å²) in [4.78, 5) is 40.7. The van der Waals surface area contributed by atoms with E-state index < -0.39 is 29.0 Å². The van der Waals surface area contributed by atoms with Gasteiger partial charge in [0, 0.05) is 33.6 Å². The number of likely N-dealkylation sites (tertiary alicyclic amines) is 1. The molecule has 2 N–H and O–H groups in total. The molecule has 2 heterocycles. The number of nitrogens with zero attached hydrogens (tertiary/aromatic N) is 4. The summed E-state index contributed by atoms with van der Waals surface area (Å²) >= 11 is 6.44. The Morgan fingerprint density at radius 2 is 1.74 bits per heavy atom. The van der Waals surface area contributed by atoms with E-state index in [9.17, 15) is 23.9 Å². The average Bonchev–Trinajstić information content (AvgIpc) is 2.93. The number of benzene rings is 1. The fourth-order valence-corrected chi connectivity index (χ4v) is 4.31. The summed E-state index contributed by atoms with van der Waals surface area (Å²) in [7, 11) is 5.22. The number of hydrogen-bond acceptors (Lipinski definition) is 6. The number of aliphatic hydroxyl groups is 1. The Kier molecular flexibility index (Phi) is 11.5. The van der Waals surface area contributed by atoms with Crippen LogP contribution in [0.1, 0.15) is 38.7 Å². The van der Waals surface area contributed by atoms with E-state index in [-0.39, 0.29) is 29.7 Å². The molecule has 0 radical (unpaired) electrons. The Balaban J connectivity index is 0.00000260. The number of Topliss-reactive ketones (excluding diaryl/α,β-unsaturated/α-hetero) is 1. The number of likely N-dealkylation sites (N-methyl/N-ethyl adjacent to an activating group) is 1. The summed E-state index contributed by atoms with van der Waals surface area (Å²) in [6.45, 7) is 6.03. The number of hydrogen-bond donors (Lipinski definition) is 2. The first kappa shape index (κ1) is 32.3. The molecule has 1 saturated heterocycles. The molecule has 1 aromatic rings. The van der Waals surface area contributed by atoms with Crippen LogP contribution in [0.25, 0.3) is 0 Å². The molecule has 0 saturated carbocycles. The second-order valence-corrected chi connectivity index (χ2v) is 9.88. The normalized spacial score (nSPS) is 17.8. The fraction of sp³-hybridized carbons (Fsp3) is 0.444. The molecule has 2 aliphatic heterocycles. The smallest absolute Gasteiger partial charge is 0.297 e. The van der Waals surface area contributed by atoms with E-state index in [1.165, 1.54) is 37.2 Å². The molecule has 1 atom stereocenters. The van der Waals surface area contributed by atoms with E-state index in [0.29, 0.717) is 31.4 Å². The highest BCUT2D eigenvalue weighted by atomic mass is 35.5. The van der Waals surface area contributed by atoms with Crippen LogP contribution in [0.5, 0.6) is 0 Å². The van der Waals surface area contributed by atoms with Gasteiger partial charge >= 0.3 is 0 Å². The molecule has 0 aliphatic carbocycles. The lowest BCUT2D eigenvalue weighted by atomic mass is 9.85. The summed E-state index contributed by atoms with van der Waals surface area (Å²) in [5.74, 6) is -3.52. The van der Waals surface area contributed by atoms with Crippen molar-refractivity contribution in [2.75, 3.05) is 33.8 Å². The van der Waals surface area contributed by atoms with Crippen molar-refractivity contribution in [3.63, 3.8) is 0 Å². The van der Waals surface area contributed by atoms with Crippen molar-refractivity contribution in [2.45, 2.75) is 45.1 Å². The van der Waals surface area contributed by atoms with Gasteiger partial charge in [0.25, 0.3) is 17.6 Å². The molecule has 1 unspecified atom stereocenters. The highest BCUT2D eigenvalue weighted by Gasteiger charge is 2.38. The van der Waals surface area contributed by atoms with Crippen molar-refractivity contribution in [1.82, 2.24) is 14.8 Å². The van der Waals surface area contributed by atoms with E-state index in [0.717, 1.165) is 21.0 Å². The monoisotopic (exact) mass is 579 g/mol. The highest BCUT2D eigenvalue weighted by molar-refractivity contribution is 7.15. The summed E-state index contributed by atoms with van der Waals surface area (Å²) in [6.07, 6.45) is 2.94. The summed E-state index contributed by atoms with van der Waals surface area (Å²) in [5, 5.41) is 24.7. The minimum atomic E-state index is -1.07. The van der Waals surface area contributed by atoms with Gasteiger partial charge in [-0.3, -0.25) is 19.8 Å².